The number of rotatable bonds is 2. The Hall–Kier alpha value is -0.200. The number of hydrogen-bond donors (Lipinski definition) is 2. The number of aliphatic hydroxyl groups is 2. The lowest BCUT2D eigenvalue weighted by atomic mass is 10.1. The Labute approximate surface area is 70.9 Å². The van der Waals surface area contributed by atoms with E-state index >= 15 is 0 Å². The Bertz CT molecular complexity index is 140. The van der Waals surface area contributed by atoms with Gasteiger partial charge in [0, 0.05) is 14.2 Å². The Balaban J connectivity index is 2.56. The lowest BCUT2D eigenvalue weighted by molar-refractivity contribution is -0.266. The summed E-state index contributed by atoms with van der Waals surface area (Å²) in [6.45, 7) is 0.119. The van der Waals surface area contributed by atoms with E-state index in [4.69, 9.17) is 14.2 Å². The van der Waals surface area contributed by atoms with Crippen LogP contribution in [0, 0.1) is 0 Å². The van der Waals surface area contributed by atoms with Crippen LogP contribution in [0.15, 0.2) is 0 Å². The molecule has 0 radical (unpaired) electrons. The molecular weight excluding hydrogens is 164 g/mol. The Morgan fingerprint density at radius 3 is 2.42 bits per heavy atom. The Kier molecular flexibility index (Phi) is 3.42. The number of hydrogen-bond acceptors (Lipinski definition) is 5. The fraction of sp³-hybridized carbons (Fsp3) is 1.00. The van der Waals surface area contributed by atoms with Gasteiger partial charge in [0.05, 0.1) is 6.61 Å². The van der Waals surface area contributed by atoms with Crippen LogP contribution in [0.4, 0.5) is 0 Å². The van der Waals surface area contributed by atoms with Crippen molar-refractivity contribution in [2.75, 3.05) is 20.8 Å². The van der Waals surface area contributed by atoms with Gasteiger partial charge in [0.1, 0.15) is 18.3 Å². The zero-order valence-corrected chi connectivity index (χ0v) is 7.14. The van der Waals surface area contributed by atoms with E-state index < -0.39 is 24.6 Å². The standard InChI is InChI=1S/C7H14O5/c1-10-6-4(8)3-12-7(11-2)5(6)9/h4-9H,3H2,1-2H3/t4-,5+,6-,7-/m0/s1. The highest BCUT2D eigenvalue weighted by molar-refractivity contribution is 4.83. The molecule has 72 valence electrons. The van der Waals surface area contributed by atoms with Crippen molar-refractivity contribution in [1.29, 1.82) is 0 Å². The second-order valence-electron chi connectivity index (χ2n) is 2.70. The van der Waals surface area contributed by atoms with Gasteiger partial charge in [-0.2, -0.15) is 0 Å². The van der Waals surface area contributed by atoms with Crippen LogP contribution in [-0.4, -0.2) is 55.6 Å². The normalized spacial score (nSPS) is 43.0. The zero-order valence-electron chi connectivity index (χ0n) is 7.14. The van der Waals surface area contributed by atoms with Crippen LogP contribution in [0.1, 0.15) is 0 Å². The van der Waals surface area contributed by atoms with Gasteiger partial charge >= 0.3 is 0 Å². The van der Waals surface area contributed by atoms with Crippen LogP contribution >= 0.6 is 0 Å². The number of ether oxygens (including phenoxy) is 3. The van der Waals surface area contributed by atoms with Gasteiger partial charge in [0.2, 0.25) is 0 Å². The van der Waals surface area contributed by atoms with E-state index in [0.717, 1.165) is 0 Å². The van der Waals surface area contributed by atoms with Crippen LogP contribution < -0.4 is 0 Å². The van der Waals surface area contributed by atoms with Gasteiger partial charge in [-0.3, -0.25) is 0 Å². The molecule has 5 heteroatoms. The first-order chi connectivity index (χ1) is 5.70. The fourth-order valence-corrected chi connectivity index (χ4v) is 1.27. The molecule has 0 unspecified atom stereocenters. The topological polar surface area (TPSA) is 68.2 Å². The first kappa shape index (κ1) is 9.88. The van der Waals surface area contributed by atoms with Gasteiger partial charge in [-0.1, -0.05) is 0 Å². The van der Waals surface area contributed by atoms with Crippen molar-refractivity contribution in [3.8, 4) is 0 Å². The summed E-state index contributed by atoms with van der Waals surface area (Å²) >= 11 is 0. The molecule has 0 aromatic rings. The maximum absolute atomic E-state index is 9.46. The van der Waals surface area contributed by atoms with E-state index in [9.17, 15) is 10.2 Å². The van der Waals surface area contributed by atoms with Crippen LogP contribution in [0.5, 0.6) is 0 Å². The molecule has 1 heterocycles. The second kappa shape index (κ2) is 4.15. The number of aliphatic hydroxyl groups excluding tert-OH is 2. The highest BCUT2D eigenvalue weighted by Crippen LogP contribution is 2.17. The molecule has 0 aromatic carbocycles. The quantitative estimate of drug-likeness (QED) is 0.551. The molecule has 12 heavy (non-hydrogen) atoms. The summed E-state index contributed by atoms with van der Waals surface area (Å²) in [5.74, 6) is 0. The highest BCUT2D eigenvalue weighted by atomic mass is 16.7. The Morgan fingerprint density at radius 1 is 1.25 bits per heavy atom. The van der Waals surface area contributed by atoms with E-state index in [1.54, 1.807) is 0 Å². The third-order valence-corrected chi connectivity index (χ3v) is 1.93. The first-order valence-corrected chi connectivity index (χ1v) is 3.74. The molecule has 1 rings (SSSR count). The van der Waals surface area contributed by atoms with Crippen molar-refractivity contribution in [2.24, 2.45) is 0 Å². The molecule has 1 saturated heterocycles. The lowest BCUT2D eigenvalue weighted by Crippen LogP contribution is -2.54. The third-order valence-electron chi connectivity index (χ3n) is 1.93. The monoisotopic (exact) mass is 178 g/mol. The van der Waals surface area contributed by atoms with E-state index in [2.05, 4.69) is 0 Å². The Morgan fingerprint density at radius 2 is 1.92 bits per heavy atom. The van der Waals surface area contributed by atoms with Crippen LogP contribution in [0.3, 0.4) is 0 Å². The van der Waals surface area contributed by atoms with E-state index in [-0.39, 0.29) is 6.61 Å². The molecule has 1 aliphatic heterocycles. The van der Waals surface area contributed by atoms with Crippen molar-refractivity contribution >= 4 is 0 Å². The van der Waals surface area contributed by atoms with Crippen LogP contribution in [0.25, 0.3) is 0 Å². The maximum atomic E-state index is 9.46. The first-order valence-electron chi connectivity index (χ1n) is 3.74. The molecule has 0 aromatic heterocycles. The molecule has 0 bridgehead atoms. The van der Waals surface area contributed by atoms with Gasteiger partial charge in [-0.05, 0) is 0 Å². The molecule has 0 aliphatic carbocycles. The minimum atomic E-state index is -0.941. The molecule has 0 saturated carbocycles. The van der Waals surface area contributed by atoms with E-state index in [0.29, 0.717) is 0 Å². The van der Waals surface area contributed by atoms with Crippen molar-refractivity contribution in [1.82, 2.24) is 0 Å². The second-order valence-corrected chi connectivity index (χ2v) is 2.70. The molecule has 0 spiro atoms. The summed E-state index contributed by atoms with van der Waals surface area (Å²) in [6.07, 6.45) is -3.08. The molecule has 1 aliphatic rings. The molecule has 2 N–H and O–H groups in total. The van der Waals surface area contributed by atoms with Crippen LogP contribution in [-0.2, 0) is 14.2 Å². The third kappa shape index (κ3) is 1.75. The summed E-state index contributed by atoms with van der Waals surface area (Å²) in [4.78, 5) is 0. The molecule has 0 amide bonds. The highest BCUT2D eigenvalue weighted by Gasteiger charge is 2.38. The smallest absolute Gasteiger partial charge is 0.185 e. The predicted molar refractivity (Wildman–Crippen MR) is 39.6 cm³/mol. The summed E-state index contributed by atoms with van der Waals surface area (Å²) < 4.78 is 14.7. The van der Waals surface area contributed by atoms with Crippen molar-refractivity contribution in [2.45, 2.75) is 24.6 Å². The van der Waals surface area contributed by atoms with Gasteiger partial charge in [0.15, 0.2) is 6.29 Å². The minimum absolute atomic E-state index is 0.119. The minimum Gasteiger partial charge on any atom is -0.388 e. The molecule has 4 atom stereocenters. The van der Waals surface area contributed by atoms with E-state index in [1.165, 1.54) is 14.2 Å². The van der Waals surface area contributed by atoms with Crippen molar-refractivity contribution in [3.63, 3.8) is 0 Å². The SMILES string of the molecule is CO[C@H]1OC[C@H](O)[C@H](OC)[C@H]1O. The summed E-state index contributed by atoms with van der Waals surface area (Å²) in [7, 11) is 2.85. The largest absolute Gasteiger partial charge is 0.388 e. The zero-order chi connectivity index (χ0) is 9.14. The summed E-state index contributed by atoms with van der Waals surface area (Å²) in [5, 5.41) is 18.8. The number of methoxy groups -OCH3 is 2. The lowest BCUT2D eigenvalue weighted by Gasteiger charge is -2.36. The molecule has 5 nitrogen and oxygen atoms in total. The molecular formula is C7H14O5. The average Bonchev–Trinajstić information content (AvgIpc) is 2.06. The van der Waals surface area contributed by atoms with Gasteiger partial charge in [0.25, 0.3) is 0 Å². The summed E-state index contributed by atoms with van der Waals surface area (Å²) in [5.41, 5.74) is 0. The van der Waals surface area contributed by atoms with Gasteiger partial charge < -0.3 is 24.4 Å². The average molecular weight is 178 g/mol. The summed E-state index contributed by atoms with van der Waals surface area (Å²) in [6, 6.07) is 0. The maximum Gasteiger partial charge on any atom is 0.185 e. The van der Waals surface area contributed by atoms with E-state index in [1.807, 2.05) is 0 Å². The molecule has 1 fully saturated rings. The van der Waals surface area contributed by atoms with Crippen LogP contribution in [0.2, 0.25) is 0 Å². The van der Waals surface area contributed by atoms with Gasteiger partial charge in [-0.15, -0.1) is 0 Å². The van der Waals surface area contributed by atoms with Gasteiger partial charge in [-0.25, -0.2) is 0 Å². The van der Waals surface area contributed by atoms with Crippen molar-refractivity contribution < 1.29 is 24.4 Å². The fourth-order valence-electron chi connectivity index (χ4n) is 1.27. The van der Waals surface area contributed by atoms with Crippen molar-refractivity contribution in [3.05, 3.63) is 0 Å². The predicted octanol–water partition coefficient (Wildman–Crippen LogP) is -1.27.